The minimum atomic E-state index is -3.71. The van der Waals surface area contributed by atoms with Crippen molar-refractivity contribution in [3.8, 4) is 0 Å². The van der Waals surface area contributed by atoms with E-state index in [0.717, 1.165) is 16.9 Å². The fraction of sp³-hybridized carbons (Fsp3) is 0.292. The van der Waals surface area contributed by atoms with E-state index in [9.17, 15) is 13.2 Å². The number of nitrogens with zero attached hydrogens (tertiary/aromatic N) is 1. The monoisotopic (exact) mass is 456 g/mol. The van der Waals surface area contributed by atoms with Crippen molar-refractivity contribution < 1.29 is 22.4 Å². The van der Waals surface area contributed by atoms with E-state index in [1.54, 1.807) is 23.3 Å². The van der Waals surface area contributed by atoms with Crippen molar-refractivity contribution in [2.24, 2.45) is 0 Å². The van der Waals surface area contributed by atoms with Crippen LogP contribution in [-0.4, -0.2) is 32.3 Å². The maximum absolute atomic E-state index is 12.7. The molecule has 32 heavy (non-hydrogen) atoms. The number of hydrogen-bond donors (Lipinski definition) is 1. The van der Waals surface area contributed by atoms with Gasteiger partial charge in [-0.1, -0.05) is 24.3 Å². The fourth-order valence-electron chi connectivity index (χ4n) is 3.23. The molecule has 1 heterocycles. The van der Waals surface area contributed by atoms with Crippen LogP contribution in [0.3, 0.4) is 0 Å². The molecule has 0 aliphatic carbocycles. The molecule has 7 nitrogen and oxygen atoms in total. The fourth-order valence-corrected chi connectivity index (χ4v) is 4.24. The molecule has 0 aliphatic rings. The third-order valence-corrected chi connectivity index (χ3v) is 6.43. The topological polar surface area (TPSA) is 88.9 Å². The highest BCUT2D eigenvalue weighted by molar-refractivity contribution is 7.89. The second kappa shape index (κ2) is 11.1. The predicted molar refractivity (Wildman–Crippen MR) is 121 cm³/mol. The predicted octanol–water partition coefficient (Wildman–Crippen LogP) is 3.96. The van der Waals surface area contributed by atoms with Gasteiger partial charge in [0, 0.05) is 25.2 Å². The number of benzene rings is 2. The zero-order valence-electron chi connectivity index (χ0n) is 18.3. The summed E-state index contributed by atoms with van der Waals surface area (Å²) >= 11 is 0. The number of nitrogens with one attached hydrogen (secondary N) is 1. The van der Waals surface area contributed by atoms with Crippen LogP contribution in [-0.2, 0) is 34.5 Å². The third kappa shape index (κ3) is 6.29. The van der Waals surface area contributed by atoms with Crippen LogP contribution in [0.4, 0.5) is 0 Å². The first-order chi connectivity index (χ1) is 15.4. The number of carbonyl (C=O) groups is 1. The van der Waals surface area contributed by atoms with Gasteiger partial charge in [-0.2, -0.15) is 0 Å². The second-order valence-corrected chi connectivity index (χ2v) is 8.99. The SMILES string of the molecule is CCN(CC)C(=O)c1ccc(S(=O)(=O)NCc2cccc(COCc3ccco3)c2)cc1. The molecule has 0 saturated heterocycles. The normalized spacial score (nSPS) is 11.4. The van der Waals surface area contributed by atoms with E-state index >= 15 is 0 Å². The van der Waals surface area contributed by atoms with Crippen LogP contribution in [0.5, 0.6) is 0 Å². The van der Waals surface area contributed by atoms with Gasteiger partial charge in [0.1, 0.15) is 12.4 Å². The average Bonchev–Trinajstić information content (AvgIpc) is 3.32. The van der Waals surface area contributed by atoms with Crippen LogP contribution in [0, 0.1) is 0 Å². The standard InChI is InChI=1S/C24H28N2O5S/c1-3-26(4-2)24(27)21-10-12-23(13-11-21)32(28,29)25-16-19-7-5-8-20(15-19)17-30-18-22-9-6-14-31-22/h5-15,25H,3-4,16-18H2,1-2H3. The highest BCUT2D eigenvalue weighted by Crippen LogP contribution is 2.14. The third-order valence-electron chi connectivity index (χ3n) is 5.01. The van der Waals surface area contributed by atoms with Crippen LogP contribution >= 0.6 is 0 Å². The molecule has 1 aromatic heterocycles. The van der Waals surface area contributed by atoms with Crippen LogP contribution in [0.2, 0.25) is 0 Å². The number of carbonyl (C=O) groups excluding carboxylic acids is 1. The number of sulfonamides is 1. The summed E-state index contributed by atoms with van der Waals surface area (Å²) in [6, 6.07) is 17.2. The molecule has 3 rings (SSSR count). The molecule has 0 unspecified atom stereocenters. The van der Waals surface area contributed by atoms with Crippen molar-refractivity contribution in [1.29, 1.82) is 0 Å². The van der Waals surface area contributed by atoms with Gasteiger partial charge < -0.3 is 14.1 Å². The molecular weight excluding hydrogens is 428 g/mol. The summed E-state index contributed by atoms with van der Waals surface area (Å²) in [5, 5.41) is 0. The molecule has 2 aromatic carbocycles. The number of ether oxygens (including phenoxy) is 1. The number of furan rings is 1. The Morgan fingerprint density at radius 3 is 2.34 bits per heavy atom. The minimum absolute atomic E-state index is 0.113. The van der Waals surface area contributed by atoms with E-state index in [1.807, 2.05) is 50.2 Å². The molecule has 0 aliphatic heterocycles. The molecule has 0 radical (unpaired) electrons. The average molecular weight is 457 g/mol. The zero-order chi connectivity index (χ0) is 23.0. The molecule has 1 amide bonds. The summed E-state index contributed by atoms with van der Waals surface area (Å²) in [6.07, 6.45) is 1.60. The Morgan fingerprint density at radius 1 is 0.969 bits per heavy atom. The first kappa shape index (κ1) is 23.7. The lowest BCUT2D eigenvalue weighted by Gasteiger charge is -2.18. The minimum Gasteiger partial charge on any atom is -0.467 e. The summed E-state index contributed by atoms with van der Waals surface area (Å²) in [5.74, 6) is 0.636. The maximum Gasteiger partial charge on any atom is 0.253 e. The summed E-state index contributed by atoms with van der Waals surface area (Å²) < 4.78 is 38.8. The van der Waals surface area contributed by atoms with Gasteiger partial charge in [-0.25, -0.2) is 13.1 Å². The molecule has 0 fully saturated rings. The molecule has 0 bridgehead atoms. The first-order valence-corrected chi connectivity index (χ1v) is 12.0. The van der Waals surface area contributed by atoms with Crippen LogP contribution < -0.4 is 4.72 Å². The zero-order valence-corrected chi connectivity index (χ0v) is 19.1. The van der Waals surface area contributed by atoms with Gasteiger partial charge in [0.15, 0.2) is 0 Å². The van der Waals surface area contributed by atoms with Crippen molar-refractivity contribution in [3.63, 3.8) is 0 Å². The lowest BCUT2D eigenvalue weighted by molar-refractivity contribution is 0.0773. The van der Waals surface area contributed by atoms with E-state index in [0.29, 0.717) is 31.9 Å². The number of amides is 1. The van der Waals surface area contributed by atoms with Crippen LogP contribution in [0.1, 0.15) is 41.1 Å². The maximum atomic E-state index is 12.7. The Bertz CT molecular complexity index is 1110. The van der Waals surface area contributed by atoms with Crippen molar-refractivity contribution in [2.45, 2.75) is 38.5 Å². The van der Waals surface area contributed by atoms with E-state index < -0.39 is 10.0 Å². The van der Waals surface area contributed by atoms with Crippen LogP contribution in [0.15, 0.2) is 76.2 Å². The lowest BCUT2D eigenvalue weighted by Crippen LogP contribution is -2.30. The smallest absolute Gasteiger partial charge is 0.253 e. The summed E-state index contributed by atoms with van der Waals surface area (Å²) in [7, 11) is -3.71. The largest absolute Gasteiger partial charge is 0.467 e. The Labute approximate surface area is 189 Å². The van der Waals surface area contributed by atoms with Gasteiger partial charge in [0.25, 0.3) is 5.91 Å². The first-order valence-electron chi connectivity index (χ1n) is 10.5. The summed E-state index contributed by atoms with van der Waals surface area (Å²) in [6.45, 7) is 5.93. The molecular formula is C24H28N2O5S. The second-order valence-electron chi connectivity index (χ2n) is 7.22. The van der Waals surface area contributed by atoms with Gasteiger partial charge in [-0.3, -0.25) is 4.79 Å². The molecule has 0 saturated carbocycles. The van der Waals surface area contributed by atoms with E-state index in [2.05, 4.69) is 4.72 Å². The van der Waals surface area contributed by atoms with Gasteiger partial charge in [-0.15, -0.1) is 0 Å². The highest BCUT2D eigenvalue weighted by Gasteiger charge is 2.17. The van der Waals surface area contributed by atoms with Crippen molar-refractivity contribution in [1.82, 2.24) is 9.62 Å². The van der Waals surface area contributed by atoms with Gasteiger partial charge in [0.05, 0.1) is 17.8 Å². The Hall–Kier alpha value is -2.94. The van der Waals surface area contributed by atoms with Gasteiger partial charge >= 0.3 is 0 Å². The van der Waals surface area contributed by atoms with Gasteiger partial charge in [0.2, 0.25) is 10.0 Å². The van der Waals surface area contributed by atoms with E-state index in [1.165, 1.54) is 12.1 Å². The van der Waals surface area contributed by atoms with Crippen LogP contribution in [0.25, 0.3) is 0 Å². The number of hydrogen-bond acceptors (Lipinski definition) is 5. The Kier molecular flexibility index (Phi) is 8.21. The van der Waals surface area contributed by atoms with Gasteiger partial charge in [-0.05, 0) is 61.4 Å². The molecule has 1 N–H and O–H groups in total. The quantitative estimate of drug-likeness (QED) is 0.472. The summed E-state index contributed by atoms with van der Waals surface area (Å²) in [4.78, 5) is 14.2. The molecule has 0 spiro atoms. The van der Waals surface area contributed by atoms with Crippen molar-refractivity contribution in [2.75, 3.05) is 13.1 Å². The highest BCUT2D eigenvalue weighted by atomic mass is 32.2. The Balaban J connectivity index is 1.58. The molecule has 3 aromatic rings. The van der Waals surface area contributed by atoms with Crippen molar-refractivity contribution in [3.05, 3.63) is 89.4 Å². The Morgan fingerprint density at radius 2 is 1.69 bits per heavy atom. The van der Waals surface area contributed by atoms with E-state index in [-0.39, 0.29) is 17.3 Å². The molecule has 8 heteroatoms. The molecule has 170 valence electrons. The van der Waals surface area contributed by atoms with Crippen molar-refractivity contribution >= 4 is 15.9 Å². The van der Waals surface area contributed by atoms with E-state index in [4.69, 9.17) is 9.15 Å². The number of rotatable bonds is 11. The molecule has 0 atom stereocenters. The lowest BCUT2D eigenvalue weighted by atomic mass is 10.1. The summed E-state index contributed by atoms with van der Waals surface area (Å²) in [5.41, 5.74) is 2.23.